The van der Waals surface area contributed by atoms with Gasteiger partial charge in [0.05, 0.1) is 0 Å². The van der Waals surface area contributed by atoms with E-state index in [4.69, 9.17) is 0 Å². The zero-order valence-corrected chi connectivity index (χ0v) is 16.4. The standard InChI is InChI=1S/C20H23FN6O2/c1-12-15(13(2)27-17(23-12)10-19(29)25-27)5-6-18(28)24-14-7-9-26(11-14)20-16(21)4-3-8-22-20/h3-4,8,10,14H,5-7,9,11H2,1-2H3,(H,24,28)(H,25,29). The van der Waals surface area contributed by atoms with E-state index in [-0.39, 0.29) is 23.3 Å². The lowest BCUT2D eigenvalue weighted by atomic mass is 10.1. The second-order valence-corrected chi connectivity index (χ2v) is 7.38. The molecule has 152 valence electrons. The van der Waals surface area contributed by atoms with Crippen molar-refractivity contribution >= 4 is 17.4 Å². The number of hydrogen-bond donors (Lipinski definition) is 2. The number of nitrogens with one attached hydrogen (secondary N) is 2. The van der Waals surface area contributed by atoms with Gasteiger partial charge in [0.1, 0.15) is 0 Å². The molecule has 0 aliphatic carbocycles. The Hall–Kier alpha value is -3.23. The van der Waals surface area contributed by atoms with Gasteiger partial charge < -0.3 is 10.2 Å². The van der Waals surface area contributed by atoms with Crippen LogP contribution < -0.4 is 15.8 Å². The fourth-order valence-electron chi connectivity index (χ4n) is 3.94. The molecule has 1 fully saturated rings. The molecule has 0 bridgehead atoms. The molecule has 1 aliphatic rings. The quantitative estimate of drug-likeness (QED) is 0.679. The van der Waals surface area contributed by atoms with E-state index < -0.39 is 0 Å². The second kappa shape index (κ2) is 7.65. The largest absolute Gasteiger partial charge is 0.352 e. The van der Waals surface area contributed by atoms with Gasteiger partial charge in [0.15, 0.2) is 17.3 Å². The molecule has 9 heteroatoms. The van der Waals surface area contributed by atoms with Crippen LogP contribution in [0.4, 0.5) is 10.2 Å². The van der Waals surface area contributed by atoms with Crippen LogP contribution in [-0.2, 0) is 11.2 Å². The third-order valence-corrected chi connectivity index (χ3v) is 5.40. The fourth-order valence-corrected chi connectivity index (χ4v) is 3.94. The molecule has 0 spiro atoms. The summed E-state index contributed by atoms with van der Waals surface area (Å²) in [5, 5.41) is 5.75. The van der Waals surface area contributed by atoms with Crippen LogP contribution in [0.3, 0.4) is 0 Å². The summed E-state index contributed by atoms with van der Waals surface area (Å²) in [6.45, 7) is 4.98. The maximum absolute atomic E-state index is 13.9. The Morgan fingerprint density at radius 2 is 2.24 bits per heavy atom. The van der Waals surface area contributed by atoms with Crippen LogP contribution in [0.25, 0.3) is 5.65 Å². The zero-order chi connectivity index (χ0) is 20.5. The number of pyridine rings is 1. The van der Waals surface area contributed by atoms with Crippen molar-refractivity contribution in [3.63, 3.8) is 0 Å². The predicted octanol–water partition coefficient (Wildman–Crippen LogP) is 1.50. The Kier molecular flexibility index (Phi) is 5.04. The number of carbonyl (C=O) groups is 1. The molecular formula is C20H23FN6O2. The number of aromatic nitrogens is 4. The van der Waals surface area contributed by atoms with Gasteiger partial charge in [0.25, 0.3) is 5.56 Å². The number of rotatable bonds is 5. The molecule has 8 nitrogen and oxygen atoms in total. The number of amides is 1. The minimum atomic E-state index is -0.351. The van der Waals surface area contributed by atoms with Crippen LogP contribution in [0.15, 0.2) is 29.2 Å². The molecule has 4 heterocycles. The monoisotopic (exact) mass is 398 g/mol. The van der Waals surface area contributed by atoms with Gasteiger partial charge >= 0.3 is 0 Å². The summed E-state index contributed by atoms with van der Waals surface area (Å²) in [7, 11) is 0. The first-order valence-electron chi connectivity index (χ1n) is 9.65. The molecule has 2 N–H and O–H groups in total. The number of halogens is 1. The number of aryl methyl sites for hydroxylation is 2. The Morgan fingerprint density at radius 3 is 3.03 bits per heavy atom. The highest BCUT2D eigenvalue weighted by Gasteiger charge is 2.26. The summed E-state index contributed by atoms with van der Waals surface area (Å²) in [4.78, 5) is 34.4. The lowest BCUT2D eigenvalue weighted by Gasteiger charge is -2.18. The van der Waals surface area contributed by atoms with Crippen molar-refractivity contribution in [2.45, 2.75) is 39.2 Å². The highest BCUT2D eigenvalue weighted by atomic mass is 19.1. The minimum absolute atomic E-state index is 0.0347. The third kappa shape index (κ3) is 3.85. The molecule has 1 amide bonds. The highest BCUT2D eigenvalue weighted by Crippen LogP contribution is 2.21. The average Bonchev–Trinajstić information content (AvgIpc) is 3.28. The maximum atomic E-state index is 13.9. The smallest absolute Gasteiger partial charge is 0.266 e. The van der Waals surface area contributed by atoms with Crippen molar-refractivity contribution in [2.24, 2.45) is 0 Å². The molecule has 3 aromatic rings. The van der Waals surface area contributed by atoms with Gasteiger partial charge in [0.2, 0.25) is 5.91 Å². The van der Waals surface area contributed by atoms with Crippen LogP contribution in [0.1, 0.15) is 29.8 Å². The molecule has 0 aromatic carbocycles. The lowest BCUT2D eigenvalue weighted by molar-refractivity contribution is -0.121. The van der Waals surface area contributed by atoms with Crippen LogP contribution in [0.5, 0.6) is 0 Å². The van der Waals surface area contributed by atoms with Crippen LogP contribution in [0, 0.1) is 19.7 Å². The summed E-state index contributed by atoms with van der Waals surface area (Å²) in [6, 6.07) is 4.37. The van der Waals surface area contributed by atoms with Gasteiger partial charge in [-0.1, -0.05) is 0 Å². The molecular weight excluding hydrogens is 375 g/mol. The Morgan fingerprint density at radius 1 is 1.41 bits per heavy atom. The number of nitrogens with zero attached hydrogens (tertiary/aromatic N) is 4. The fraction of sp³-hybridized carbons (Fsp3) is 0.400. The van der Waals surface area contributed by atoms with Crippen LogP contribution >= 0.6 is 0 Å². The zero-order valence-electron chi connectivity index (χ0n) is 16.4. The first-order valence-corrected chi connectivity index (χ1v) is 9.65. The van der Waals surface area contributed by atoms with E-state index >= 15 is 0 Å². The molecule has 0 radical (unpaired) electrons. The van der Waals surface area contributed by atoms with E-state index in [1.54, 1.807) is 16.8 Å². The van der Waals surface area contributed by atoms with E-state index in [2.05, 4.69) is 20.4 Å². The van der Waals surface area contributed by atoms with Crippen molar-refractivity contribution in [3.8, 4) is 0 Å². The third-order valence-electron chi connectivity index (χ3n) is 5.40. The van der Waals surface area contributed by atoms with E-state index in [0.29, 0.717) is 37.4 Å². The number of carbonyl (C=O) groups excluding carboxylic acids is 1. The lowest BCUT2D eigenvalue weighted by Crippen LogP contribution is -2.37. The first kappa shape index (κ1) is 19.1. The van der Waals surface area contributed by atoms with Gasteiger partial charge in [-0.15, -0.1) is 0 Å². The van der Waals surface area contributed by atoms with E-state index in [1.165, 1.54) is 12.1 Å². The number of hydrogen-bond acceptors (Lipinski definition) is 5. The molecule has 3 aromatic heterocycles. The maximum Gasteiger partial charge on any atom is 0.266 e. The number of fused-ring (bicyclic) bond motifs is 1. The summed E-state index contributed by atoms with van der Waals surface area (Å²) < 4.78 is 15.6. The van der Waals surface area contributed by atoms with Crippen molar-refractivity contribution in [2.75, 3.05) is 18.0 Å². The van der Waals surface area contributed by atoms with Crippen LogP contribution in [-0.4, -0.2) is 44.6 Å². The number of H-pyrrole nitrogens is 1. The number of aromatic amines is 1. The molecule has 29 heavy (non-hydrogen) atoms. The Balaban J connectivity index is 1.37. The summed E-state index contributed by atoms with van der Waals surface area (Å²) in [6.07, 6.45) is 3.16. The molecule has 4 rings (SSSR count). The average molecular weight is 398 g/mol. The van der Waals surface area contributed by atoms with Gasteiger partial charge in [-0.3, -0.25) is 14.7 Å². The summed E-state index contributed by atoms with van der Waals surface area (Å²) in [5.41, 5.74) is 3.01. The van der Waals surface area contributed by atoms with Crippen molar-refractivity contribution < 1.29 is 9.18 Å². The SMILES string of the molecule is Cc1nc2cc(=O)[nH]n2c(C)c1CCC(=O)NC1CCN(c2ncccc2F)C1. The van der Waals surface area contributed by atoms with Crippen molar-refractivity contribution in [1.82, 2.24) is 24.9 Å². The van der Waals surface area contributed by atoms with Gasteiger partial charge in [0, 0.05) is 49.2 Å². The van der Waals surface area contributed by atoms with Gasteiger partial charge in [-0.2, -0.15) is 0 Å². The predicted molar refractivity (Wildman–Crippen MR) is 107 cm³/mol. The van der Waals surface area contributed by atoms with Gasteiger partial charge in [-0.05, 0) is 44.4 Å². The Labute approximate surface area is 166 Å². The van der Waals surface area contributed by atoms with E-state index in [9.17, 15) is 14.0 Å². The molecule has 1 saturated heterocycles. The van der Waals surface area contributed by atoms with Crippen molar-refractivity contribution in [1.29, 1.82) is 0 Å². The van der Waals surface area contributed by atoms with Crippen molar-refractivity contribution in [3.05, 3.63) is 57.5 Å². The van der Waals surface area contributed by atoms with Gasteiger partial charge in [-0.25, -0.2) is 18.9 Å². The normalized spacial score (nSPS) is 16.5. The van der Waals surface area contributed by atoms with E-state index in [0.717, 1.165) is 23.4 Å². The summed E-state index contributed by atoms with van der Waals surface area (Å²) >= 11 is 0. The van der Waals surface area contributed by atoms with E-state index in [1.807, 2.05) is 18.7 Å². The molecule has 1 atom stereocenters. The summed E-state index contributed by atoms with van der Waals surface area (Å²) in [5.74, 6) is -0.0785. The topological polar surface area (TPSA) is 95.4 Å². The number of anilines is 1. The highest BCUT2D eigenvalue weighted by molar-refractivity contribution is 5.76. The molecule has 0 saturated carbocycles. The second-order valence-electron chi connectivity index (χ2n) is 7.38. The van der Waals surface area contributed by atoms with Crippen LogP contribution in [0.2, 0.25) is 0 Å². The molecule has 1 aliphatic heterocycles. The molecule has 1 unspecified atom stereocenters. The Bertz CT molecular complexity index is 1120. The minimum Gasteiger partial charge on any atom is -0.352 e. The first-order chi connectivity index (χ1) is 13.9.